The maximum atomic E-state index is 13.8. The van der Waals surface area contributed by atoms with Gasteiger partial charge in [-0.3, -0.25) is 19.7 Å². The Balaban J connectivity index is 1.54. The predicted octanol–water partition coefficient (Wildman–Crippen LogP) is 6.51. The van der Waals surface area contributed by atoms with Crippen molar-refractivity contribution in [2.24, 2.45) is 0 Å². The van der Waals surface area contributed by atoms with Crippen LogP contribution in [0.1, 0.15) is 53.7 Å². The van der Waals surface area contributed by atoms with Crippen molar-refractivity contribution >= 4 is 34.9 Å². The van der Waals surface area contributed by atoms with E-state index in [9.17, 15) is 24.1 Å². The molecular formula is C30H32FN3O4S. The number of thiophene rings is 1. The Hall–Kier alpha value is -3.85. The van der Waals surface area contributed by atoms with Crippen LogP contribution in [0.5, 0.6) is 0 Å². The van der Waals surface area contributed by atoms with Crippen molar-refractivity contribution in [1.82, 2.24) is 9.80 Å². The van der Waals surface area contributed by atoms with E-state index in [0.29, 0.717) is 18.7 Å². The largest absolute Gasteiger partial charge is 0.332 e. The number of rotatable bonds is 10. The normalized spacial score (nSPS) is 13.9. The number of benzene rings is 2. The molecule has 0 spiro atoms. The highest BCUT2D eigenvalue weighted by Crippen LogP contribution is 2.25. The molecule has 1 aromatic heterocycles. The number of non-ortho nitro benzene ring substituents is 1. The maximum absolute atomic E-state index is 13.8. The summed E-state index contributed by atoms with van der Waals surface area (Å²) in [6, 6.07) is 14.1. The molecule has 1 aliphatic carbocycles. The standard InChI is InChI=1S/C30H32FN3O4S/c1-22-17-18-39-28(22)20-32(19-24-7-12-25(31)13-8-24)30(36)21-33(26-5-3-2-4-6-26)29(35)16-11-23-9-14-27(15-10-23)34(37)38/h7-18,26H,2-6,19-21H2,1H3. The molecule has 0 radical (unpaired) electrons. The van der Waals surface area contributed by atoms with Gasteiger partial charge in [-0.05, 0) is 78.2 Å². The fourth-order valence-corrected chi connectivity index (χ4v) is 5.70. The van der Waals surface area contributed by atoms with Crippen LogP contribution in [0.3, 0.4) is 0 Å². The lowest BCUT2D eigenvalue weighted by molar-refractivity contribution is -0.384. The Bertz CT molecular complexity index is 1310. The molecule has 7 nitrogen and oxygen atoms in total. The molecule has 39 heavy (non-hydrogen) atoms. The van der Waals surface area contributed by atoms with E-state index in [2.05, 4.69) is 0 Å². The number of nitro groups is 1. The van der Waals surface area contributed by atoms with Crippen LogP contribution in [0, 0.1) is 22.9 Å². The maximum Gasteiger partial charge on any atom is 0.269 e. The van der Waals surface area contributed by atoms with Crippen molar-refractivity contribution in [3.8, 4) is 0 Å². The molecule has 0 N–H and O–H groups in total. The van der Waals surface area contributed by atoms with Crippen LogP contribution >= 0.6 is 11.3 Å². The third kappa shape index (κ3) is 7.83. The van der Waals surface area contributed by atoms with Gasteiger partial charge in [-0.2, -0.15) is 0 Å². The number of hydrogen-bond acceptors (Lipinski definition) is 5. The summed E-state index contributed by atoms with van der Waals surface area (Å²) < 4.78 is 13.5. The van der Waals surface area contributed by atoms with E-state index in [1.54, 1.807) is 51.5 Å². The number of nitrogens with zero attached hydrogens (tertiary/aromatic N) is 3. The van der Waals surface area contributed by atoms with Crippen LogP contribution in [0.2, 0.25) is 0 Å². The van der Waals surface area contributed by atoms with Gasteiger partial charge in [-0.1, -0.05) is 31.4 Å². The van der Waals surface area contributed by atoms with Crippen LogP contribution in [0.4, 0.5) is 10.1 Å². The molecule has 204 valence electrons. The molecule has 1 saturated carbocycles. The minimum Gasteiger partial charge on any atom is -0.332 e. The van der Waals surface area contributed by atoms with Gasteiger partial charge in [0.05, 0.1) is 11.5 Å². The Morgan fingerprint density at radius 2 is 1.72 bits per heavy atom. The summed E-state index contributed by atoms with van der Waals surface area (Å²) in [5, 5.41) is 12.9. The highest BCUT2D eigenvalue weighted by molar-refractivity contribution is 7.10. The smallest absolute Gasteiger partial charge is 0.269 e. The number of halogens is 1. The van der Waals surface area contributed by atoms with Crippen molar-refractivity contribution in [2.75, 3.05) is 6.54 Å². The summed E-state index contributed by atoms with van der Waals surface area (Å²) in [6.07, 6.45) is 7.86. The van der Waals surface area contributed by atoms with Gasteiger partial charge >= 0.3 is 0 Å². The van der Waals surface area contributed by atoms with E-state index in [0.717, 1.165) is 48.1 Å². The molecule has 3 aromatic rings. The molecule has 0 unspecified atom stereocenters. The zero-order chi connectivity index (χ0) is 27.8. The van der Waals surface area contributed by atoms with Crippen molar-refractivity contribution in [1.29, 1.82) is 0 Å². The SMILES string of the molecule is Cc1ccsc1CN(Cc1ccc(F)cc1)C(=O)CN(C(=O)C=Cc1ccc([N+](=O)[O-])cc1)C1CCCCC1. The second-order valence-electron chi connectivity index (χ2n) is 9.84. The average molecular weight is 550 g/mol. The molecule has 0 aliphatic heterocycles. The average Bonchev–Trinajstić information content (AvgIpc) is 3.35. The first-order valence-corrected chi connectivity index (χ1v) is 14.0. The van der Waals surface area contributed by atoms with E-state index in [4.69, 9.17) is 0 Å². The highest BCUT2D eigenvalue weighted by Gasteiger charge is 2.28. The number of aryl methyl sites for hydroxylation is 1. The van der Waals surface area contributed by atoms with Crippen LogP contribution in [0.15, 0.2) is 66.1 Å². The van der Waals surface area contributed by atoms with Gasteiger partial charge in [0.15, 0.2) is 0 Å². The summed E-state index contributed by atoms with van der Waals surface area (Å²) in [7, 11) is 0. The first kappa shape index (κ1) is 28.2. The number of nitro benzene ring substituents is 1. The second kappa shape index (κ2) is 13.3. The number of hydrogen-bond donors (Lipinski definition) is 0. The summed E-state index contributed by atoms with van der Waals surface area (Å²) >= 11 is 1.58. The van der Waals surface area contributed by atoms with Crippen LogP contribution in [0.25, 0.3) is 6.08 Å². The molecule has 0 bridgehead atoms. The summed E-state index contributed by atoms with van der Waals surface area (Å²) in [6.45, 7) is 2.67. The van der Waals surface area contributed by atoms with Crippen molar-refractivity contribution in [3.63, 3.8) is 0 Å². The quantitative estimate of drug-likeness (QED) is 0.164. The fraction of sp³-hybridized carbons (Fsp3) is 0.333. The molecule has 0 saturated heterocycles. The van der Waals surface area contributed by atoms with Gasteiger partial charge in [0.25, 0.3) is 5.69 Å². The van der Waals surface area contributed by atoms with Gasteiger partial charge in [-0.25, -0.2) is 4.39 Å². The molecular weight excluding hydrogens is 517 g/mol. The van der Waals surface area contributed by atoms with Gasteiger partial charge in [0.2, 0.25) is 11.8 Å². The molecule has 1 aliphatic rings. The number of carbonyl (C=O) groups excluding carboxylic acids is 2. The van der Waals surface area contributed by atoms with Gasteiger partial charge in [0, 0.05) is 35.7 Å². The first-order valence-electron chi connectivity index (χ1n) is 13.1. The summed E-state index contributed by atoms with van der Waals surface area (Å²) in [5.74, 6) is -0.767. The Labute approximate surface area is 231 Å². The molecule has 4 rings (SSSR count). The Morgan fingerprint density at radius 1 is 1.03 bits per heavy atom. The van der Waals surface area contributed by atoms with E-state index >= 15 is 0 Å². The number of carbonyl (C=O) groups is 2. The number of amides is 2. The Morgan fingerprint density at radius 3 is 2.33 bits per heavy atom. The zero-order valence-electron chi connectivity index (χ0n) is 21.9. The molecule has 2 aromatic carbocycles. The van der Waals surface area contributed by atoms with E-state index in [1.165, 1.54) is 30.3 Å². The lowest BCUT2D eigenvalue weighted by atomic mass is 9.94. The molecule has 0 atom stereocenters. The van der Waals surface area contributed by atoms with E-state index < -0.39 is 4.92 Å². The predicted molar refractivity (Wildman–Crippen MR) is 150 cm³/mol. The van der Waals surface area contributed by atoms with Crippen LogP contribution in [-0.2, 0) is 22.7 Å². The molecule has 1 heterocycles. The third-order valence-electron chi connectivity index (χ3n) is 7.07. The summed E-state index contributed by atoms with van der Waals surface area (Å²) in [5.41, 5.74) is 2.56. The first-order chi connectivity index (χ1) is 18.8. The van der Waals surface area contributed by atoms with E-state index in [-0.39, 0.29) is 35.9 Å². The van der Waals surface area contributed by atoms with Crippen molar-refractivity contribution in [2.45, 2.75) is 58.2 Å². The van der Waals surface area contributed by atoms with Crippen molar-refractivity contribution < 1.29 is 18.9 Å². The fourth-order valence-electron chi connectivity index (χ4n) is 4.78. The topological polar surface area (TPSA) is 83.8 Å². The lowest BCUT2D eigenvalue weighted by Crippen LogP contribution is -2.47. The highest BCUT2D eigenvalue weighted by atomic mass is 32.1. The van der Waals surface area contributed by atoms with Gasteiger partial charge in [-0.15, -0.1) is 11.3 Å². The zero-order valence-corrected chi connectivity index (χ0v) is 22.7. The summed E-state index contributed by atoms with van der Waals surface area (Å²) in [4.78, 5) is 42.1. The minimum atomic E-state index is -0.468. The molecule has 2 amide bonds. The second-order valence-corrected chi connectivity index (χ2v) is 10.8. The molecule has 9 heteroatoms. The third-order valence-corrected chi connectivity index (χ3v) is 8.08. The molecule has 1 fully saturated rings. The van der Waals surface area contributed by atoms with Crippen molar-refractivity contribution in [3.05, 3.63) is 104 Å². The van der Waals surface area contributed by atoms with Crippen LogP contribution < -0.4 is 0 Å². The lowest BCUT2D eigenvalue weighted by Gasteiger charge is -2.35. The van der Waals surface area contributed by atoms with Crippen LogP contribution in [-0.4, -0.2) is 39.1 Å². The van der Waals surface area contributed by atoms with E-state index in [1.807, 2.05) is 18.4 Å². The monoisotopic (exact) mass is 549 g/mol. The minimum absolute atomic E-state index is 0.0184. The Kier molecular flexibility index (Phi) is 9.59. The van der Waals surface area contributed by atoms with Gasteiger partial charge in [0.1, 0.15) is 12.4 Å². The van der Waals surface area contributed by atoms with Gasteiger partial charge < -0.3 is 9.80 Å².